The maximum Gasteiger partial charge on any atom is 0.182 e. The van der Waals surface area contributed by atoms with Gasteiger partial charge in [0, 0.05) is 5.69 Å². The van der Waals surface area contributed by atoms with Crippen LogP contribution in [0.5, 0.6) is 0 Å². The largest absolute Gasteiger partial charge is 0.281 e. The van der Waals surface area contributed by atoms with Gasteiger partial charge in [-0.25, -0.2) is 4.98 Å². The fourth-order valence-corrected chi connectivity index (χ4v) is 2.33. The minimum atomic E-state index is 0.797. The van der Waals surface area contributed by atoms with Crippen molar-refractivity contribution in [3.8, 4) is 5.69 Å². The molecule has 0 aliphatic rings. The van der Waals surface area contributed by atoms with E-state index in [0.717, 1.165) is 15.0 Å². The van der Waals surface area contributed by atoms with E-state index in [4.69, 9.17) is 0 Å². The van der Waals surface area contributed by atoms with E-state index < -0.39 is 0 Å². The molecule has 0 saturated carbocycles. The van der Waals surface area contributed by atoms with Crippen LogP contribution in [0.4, 0.5) is 0 Å². The maximum atomic E-state index is 4.13. The van der Waals surface area contributed by atoms with Crippen molar-refractivity contribution in [1.82, 2.24) is 9.55 Å². The van der Waals surface area contributed by atoms with Gasteiger partial charge in [-0.3, -0.25) is 4.57 Å². The molecular weight excluding hydrogens is 296 g/mol. The number of benzene rings is 1. The zero-order valence-electron chi connectivity index (χ0n) is 6.61. The number of aromatic nitrogens is 2. The van der Waals surface area contributed by atoms with Gasteiger partial charge in [-0.15, -0.1) is 0 Å². The van der Waals surface area contributed by atoms with Crippen LogP contribution in [0.2, 0.25) is 0 Å². The second-order valence-electron chi connectivity index (χ2n) is 2.52. The van der Waals surface area contributed by atoms with Crippen LogP contribution in [0.15, 0.2) is 45.9 Å². The Bertz CT molecular complexity index is 389. The van der Waals surface area contributed by atoms with Crippen LogP contribution in [0.1, 0.15) is 0 Å². The van der Waals surface area contributed by atoms with E-state index in [0.29, 0.717) is 0 Å². The molecule has 0 aliphatic carbocycles. The number of hydrogen-bond acceptors (Lipinski definition) is 1. The molecule has 4 heteroatoms. The van der Waals surface area contributed by atoms with E-state index in [-0.39, 0.29) is 0 Å². The smallest absolute Gasteiger partial charge is 0.182 e. The minimum absolute atomic E-state index is 0.797. The SMILES string of the molecule is Brc1cnc(Br)n1-c1ccccc1. The van der Waals surface area contributed by atoms with E-state index in [2.05, 4.69) is 36.8 Å². The van der Waals surface area contributed by atoms with Crippen LogP contribution >= 0.6 is 31.9 Å². The molecule has 0 N–H and O–H groups in total. The number of imidazole rings is 1. The first-order valence-electron chi connectivity index (χ1n) is 3.73. The van der Waals surface area contributed by atoms with Crippen molar-refractivity contribution in [3.63, 3.8) is 0 Å². The van der Waals surface area contributed by atoms with Crippen molar-refractivity contribution in [2.24, 2.45) is 0 Å². The molecule has 0 aliphatic heterocycles. The van der Waals surface area contributed by atoms with E-state index in [1.807, 2.05) is 34.9 Å². The summed E-state index contributed by atoms with van der Waals surface area (Å²) < 4.78 is 3.70. The van der Waals surface area contributed by atoms with Crippen molar-refractivity contribution in [2.75, 3.05) is 0 Å². The predicted molar refractivity (Wildman–Crippen MR) is 59.0 cm³/mol. The Balaban J connectivity index is 2.59. The molecule has 0 fully saturated rings. The van der Waals surface area contributed by atoms with Gasteiger partial charge in [0.05, 0.1) is 6.20 Å². The third-order valence-electron chi connectivity index (χ3n) is 1.69. The van der Waals surface area contributed by atoms with E-state index in [1.165, 1.54) is 0 Å². The molecule has 1 heterocycles. The van der Waals surface area contributed by atoms with Gasteiger partial charge in [-0.2, -0.15) is 0 Å². The molecular formula is C9H6Br2N2. The highest BCUT2D eigenvalue weighted by Gasteiger charge is 2.05. The average molecular weight is 302 g/mol. The van der Waals surface area contributed by atoms with Crippen molar-refractivity contribution < 1.29 is 0 Å². The van der Waals surface area contributed by atoms with Crippen molar-refractivity contribution >= 4 is 31.9 Å². The predicted octanol–water partition coefficient (Wildman–Crippen LogP) is 3.40. The molecule has 1 aromatic heterocycles. The molecule has 0 radical (unpaired) electrons. The van der Waals surface area contributed by atoms with Gasteiger partial charge < -0.3 is 0 Å². The van der Waals surface area contributed by atoms with Crippen molar-refractivity contribution in [3.05, 3.63) is 45.9 Å². The van der Waals surface area contributed by atoms with Gasteiger partial charge >= 0.3 is 0 Å². The third-order valence-corrected chi connectivity index (χ3v) is 2.81. The van der Waals surface area contributed by atoms with Gasteiger partial charge in [0.15, 0.2) is 4.73 Å². The monoisotopic (exact) mass is 300 g/mol. The van der Waals surface area contributed by atoms with Crippen molar-refractivity contribution in [2.45, 2.75) is 0 Å². The summed E-state index contributed by atoms with van der Waals surface area (Å²) in [6.07, 6.45) is 1.76. The van der Waals surface area contributed by atoms with Gasteiger partial charge in [0.25, 0.3) is 0 Å². The Kier molecular flexibility index (Phi) is 2.51. The molecule has 2 nitrogen and oxygen atoms in total. The maximum absolute atomic E-state index is 4.13. The Labute approximate surface area is 92.9 Å². The van der Waals surface area contributed by atoms with E-state index >= 15 is 0 Å². The molecule has 0 spiro atoms. The second-order valence-corrected chi connectivity index (χ2v) is 4.04. The van der Waals surface area contributed by atoms with Crippen LogP contribution in [0, 0.1) is 0 Å². The van der Waals surface area contributed by atoms with Crippen LogP contribution in [-0.4, -0.2) is 9.55 Å². The van der Waals surface area contributed by atoms with E-state index in [9.17, 15) is 0 Å². The summed E-state index contributed by atoms with van der Waals surface area (Å²) in [5.41, 5.74) is 1.08. The van der Waals surface area contributed by atoms with Gasteiger partial charge in [-0.05, 0) is 44.0 Å². The lowest BCUT2D eigenvalue weighted by molar-refractivity contribution is 0.992. The topological polar surface area (TPSA) is 17.8 Å². The Morgan fingerprint density at radius 1 is 1.08 bits per heavy atom. The summed E-state index contributed by atoms with van der Waals surface area (Å²) in [4.78, 5) is 4.13. The summed E-state index contributed by atoms with van der Waals surface area (Å²) in [7, 11) is 0. The highest BCUT2D eigenvalue weighted by Crippen LogP contribution is 2.22. The quantitative estimate of drug-likeness (QED) is 0.789. The van der Waals surface area contributed by atoms with Crippen LogP contribution in [0.25, 0.3) is 5.69 Å². The van der Waals surface area contributed by atoms with Gasteiger partial charge in [-0.1, -0.05) is 18.2 Å². The number of nitrogens with zero attached hydrogens (tertiary/aromatic N) is 2. The normalized spacial score (nSPS) is 10.3. The molecule has 0 atom stereocenters. The summed E-state index contributed by atoms with van der Waals surface area (Å²) in [6, 6.07) is 10.0. The Morgan fingerprint density at radius 2 is 1.77 bits per heavy atom. The lowest BCUT2D eigenvalue weighted by Gasteiger charge is -2.04. The molecule has 2 aromatic rings. The first-order chi connectivity index (χ1) is 6.29. The minimum Gasteiger partial charge on any atom is -0.281 e. The zero-order chi connectivity index (χ0) is 9.26. The highest BCUT2D eigenvalue weighted by atomic mass is 79.9. The van der Waals surface area contributed by atoms with E-state index in [1.54, 1.807) is 6.20 Å². The van der Waals surface area contributed by atoms with Crippen LogP contribution in [-0.2, 0) is 0 Å². The molecule has 66 valence electrons. The Hall–Kier alpha value is -0.610. The number of para-hydroxylation sites is 1. The summed E-state index contributed by atoms with van der Waals surface area (Å²) in [5.74, 6) is 0. The lowest BCUT2D eigenvalue weighted by atomic mass is 10.3. The number of hydrogen-bond donors (Lipinski definition) is 0. The number of halogens is 2. The molecule has 0 bridgehead atoms. The molecule has 0 amide bonds. The molecule has 1 aromatic carbocycles. The highest BCUT2D eigenvalue weighted by molar-refractivity contribution is 9.11. The van der Waals surface area contributed by atoms with Crippen LogP contribution < -0.4 is 0 Å². The molecule has 13 heavy (non-hydrogen) atoms. The first-order valence-corrected chi connectivity index (χ1v) is 5.32. The summed E-state index contributed by atoms with van der Waals surface area (Å²) >= 11 is 6.80. The second kappa shape index (κ2) is 3.64. The van der Waals surface area contributed by atoms with Gasteiger partial charge in [0.2, 0.25) is 0 Å². The summed E-state index contributed by atoms with van der Waals surface area (Å²) in [6.45, 7) is 0. The van der Waals surface area contributed by atoms with Gasteiger partial charge in [0.1, 0.15) is 4.60 Å². The van der Waals surface area contributed by atoms with Crippen LogP contribution in [0.3, 0.4) is 0 Å². The zero-order valence-corrected chi connectivity index (χ0v) is 9.79. The lowest BCUT2D eigenvalue weighted by Crippen LogP contribution is -1.93. The fraction of sp³-hybridized carbons (Fsp3) is 0. The average Bonchev–Trinajstić information content (AvgIpc) is 2.48. The summed E-state index contributed by atoms with van der Waals surface area (Å²) in [5, 5.41) is 0. The fourth-order valence-electron chi connectivity index (χ4n) is 1.12. The first kappa shape index (κ1) is 8.97. The number of rotatable bonds is 1. The molecule has 0 saturated heterocycles. The van der Waals surface area contributed by atoms with Crippen molar-refractivity contribution in [1.29, 1.82) is 0 Å². The third kappa shape index (κ3) is 1.69. The molecule has 2 rings (SSSR count). The Morgan fingerprint density at radius 3 is 2.31 bits per heavy atom. The molecule has 0 unspecified atom stereocenters. The standard InChI is InChI=1S/C9H6Br2N2/c10-8-6-12-9(11)13(8)7-4-2-1-3-5-7/h1-6H.